The molecular formula is C16H32N2O2. The summed E-state index contributed by atoms with van der Waals surface area (Å²) in [6.07, 6.45) is 6.39. The molecule has 0 radical (unpaired) electrons. The van der Waals surface area contributed by atoms with Gasteiger partial charge in [-0.1, -0.05) is 20.3 Å². The van der Waals surface area contributed by atoms with E-state index in [2.05, 4.69) is 31.0 Å². The quantitative estimate of drug-likeness (QED) is 0.612. The molecule has 2 unspecified atom stereocenters. The Morgan fingerprint density at radius 1 is 1.40 bits per heavy atom. The van der Waals surface area contributed by atoms with Gasteiger partial charge in [-0.05, 0) is 52.5 Å². The number of hydrogen-bond acceptors (Lipinski definition) is 3. The van der Waals surface area contributed by atoms with Crippen LogP contribution in [0.3, 0.4) is 0 Å². The average molecular weight is 284 g/mol. The molecule has 0 aromatic heterocycles. The molecule has 0 saturated heterocycles. The van der Waals surface area contributed by atoms with Crippen LogP contribution < -0.4 is 5.32 Å². The summed E-state index contributed by atoms with van der Waals surface area (Å²) >= 11 is 0. The first-order valence-electron chi connectivity index (χ1n) is 8.18. The highest BCUT2D eigenvalue weighted by molar-refractivity contribution is 5.78. The monoisotopic (exact) mass is 284 g/mol. The van der Waals surface area contributed by atoms with Crippen LogP contribution in [0.2, 0.25) is 0 Å². The van der Waals surface area contributed by atoms with Crippen molar-refractivity contribution in [2.45, 2.75) is 83.8 Å². The largest absolute Gasteiger partial charge is 0.480 e. The van der Waals surface area contributed by atoms with E-state index in [1.54, 1.807) is 0 Å². The van der Waals surface area contributed by atoms with Crippen molar-refractivity contribution in [1.29, 1.82) is 0 Å². The lowest BCUT2D eigenvalue weighted by Crippen LogP contribution is -2.53. The van der Waals surface area contributed by atoms with Crippen LogP contribution in [-0.4, -0.2) is 46.7 Å². The predicted molar refractivity (Wildman–Crippen MR) is 83.0 cm³/mol. The number of carboxylic acids is 1. The van der Waals surface area contributed by atoms with E-state index in [0.717, 1.165) is 32.4 Å². The van der Waals surface area contributed by atoms with Crippen LogP contribution in [0.25, 0.3) is 0 Å². The van der Waals surface area contributed by atoms with Crippen LogP contribution in [0.1, 0.15) is 66.2 Å². The molecule has 0 spiro atoms. The van der Waals surface area contributed by atoms with Gasteiger partial charge < -0.3 is 10.0 Å². The maximum absolute atomic E-state index is 11.6. The first kappa shape index (κ1) is 17.4. The van der Waals surface area contributed by atoms with Crippen LogP contribution in [0.4, 0.5) is 0 Å². The Balaban J connectivity index is 2.54. The van der Waals surface area contributed by atoms with Crippen molar-refractivity contribution in [2.75, 3.05) is 13.1 Å². The smallest absolute Gasteiger partial charge is 0.323 e. The van der Waals surface area contributed by atoms with Crippen molar-refractivity contribution in [1.82, 2.24) is 10.2 Å². The minimum absolute atomic E-state index is 0.420. The number of nitrogens with zero attached hydrogens (tertiary/aromatic N) is 1. The first-order chi connectivity index (χ1) is 9.42. The molecule has 1 rings (SSSR count). The van der Waals surface area contributed by atoms with Gasteiger partial charge in [0.2, 0.25) is 0 Å². The third-order valence-electron chi connectivity index (χ3n) is 4.48. The Morgan fingerprint density at radius 3 is 2.50 bits per heavy atom. The van der Waals surface area contributed by atoms with Crippen molar-refractivity contribution >= 4 is 5.97 Å². The Morgan fingerprint density at radius 2 is 2.05 bits per heavy atom. The highest BCUT2D eigenvalue weighted by Crippen LogP contribution is 2.24. The maximum Gasteiger partial charge on any atom is 0.323 e. The molecule has 4 heteroatoms. The van der Waals surface area contributed by atoms with Crippen LogP contribution >= 0.6 is 0 Å². The van der Waals surface area contributed by atoms with E-state index >= 15 is 0 Å². The van der Waals surface area contributed by atoms with Crippen molar-refractivity contribution in [2.24, 2.45) is 0 Å². The maximum atomic E-state index is 11.6. The fraction of sp³-hybridized carbons (Fsp3) is 0.938. The molecule has 1 fully saturated rings. The van der Waals surface area contributed by atoms with Gasteiger partial charge in [0, 0.05) is 18.6 Å². The molecule has 0 bridgehead atoms. The topological polar surface area (TPSA) is 52.6 Å². The van der Waals surface area contributed by atoms with E-state index in [4.69, 9.17) is 0 Å². The fourth-order valence-corrected chi connectivity index (χ4v) is 2.46. The highest BCUT2D eigenvalue weighted by Gasteiger charge is 2.38. The Hall–Kier alpha value is -0.610. The second-order valence-corrected chi connectivity index (χ2v) is 6.45. The van der Waals surface area contributed by atoms with Crippen molar-refractivity contribution in [3.63, 3.8) is 0 Å². The fourth-order valence-electron chi connectivity index (χ4n) is 2.46. The van der Waals surface area contributed by atoms with Gasteiger partial charge in [0.25, 0.3) is 0 Å². The number of nitrogens with one attached hydrogen (secondary N) is 1. The van der Waals surface area contributed by atoms with E-state index in [1.807, 2.05) is 6.92 Å². The number of carbonyl (C=O) groups is 1. The predicted octanol–water partition coefficient (Wildman–Crippen LogP) is 2.87. The van der Waals surface area contributed by atoms with Crippen LogP contribution in [0.5, 0.6) is 0 Å². The molecule has 1 aliphatic carbocycles. The van der Waals surface area contributed by atoms with Gasteiger partial charge in [-0.25, -0.2) is 0 Å². The standard InChI is InChI=1S/C16H32N2O2/c1-5-7-11-18(13(3)6-2)12-10-16(4,15(19)20)17-14-8-9-14/h13-14,17H,5-12H2,1-4H3,(H,19,20). The van der Waals surface area contributed by atoms with E-state index in [1.165, 1.54) is 12.8 Å². The zero-order chi connectivity index (χ0) is 15.2. The molecule has 2 atom stereocenters. The van der Waals surface area contributed by atoms with E-state index in [0.29, 0.717) is 18.5 Å². The molecule has 2 N–H and O–H groups in total. The molecule has 1 saturated carbocycles. The minimum Gasteiger partial charge on any atom is -0.480 e. The van der Waals surface area contributed by atoms with Crippen LogP contribution in [0.15, 0.2) is 0 Å². The SMILES string of the molecule is CCCCN(CCC(C)(NC1CC1)C(=O)O)C(C)CC. The molecule has 20 heavy (non-hydrogen) atoms. The van der Waals surface area contributed by atoms with Crippen LogP contribution in [-0.2, 0) is 4.79 Å². The molecule has 0 amide bonds. The summed E-state index contributed by atoms with van der Waals surface area (Å²) in [5, 5.41) is 12.8. The molecule has 0 aromatic carbocycles. The van der Waals surface area contributed by atoms with Crippen LogP contribution in [0, 0.1) is 0 Å². The van der Waals surface area contributed by atoms with E-state index < -0.39 is 11.5 Å². The number of hydrogen-bond donors (Lipinski definition) is 2. The number of carboxylic acid groups (broad SMARTS) is 1. The molecule has 0 aliphatic heterocycles. The summed E-state index contributed by atoms with van der Waals surface area (Å²) in [4.78, 5) is 14.0. The third-order valence-corrected chi connectivity index (χ3v) is 4.48. The zero-order valence-corrected chi connectivity index (χ0v) is 13.6. The normalized spacial score (nSPS) is 19.9. The van der Waals surface area contributed by atoms with Gasteiger partial charge in [-0.15, -0.1) is 0 Å². The lowest BCUT2D eigenvalue weighted by Gasteiger charge is -2.33. The number of aliphatic carboxylic acids is 1. The zero-order valence-electron chi connectivity index (χ0n) is 13.6. The molecule has 4 nitrogen and oxygen atoms in total. The second-order valence-electron chi connectivity index (χ2n) is 6.45. The molecular weight excluding hydrogens is 252 g/mol. The third kappa shape index (κ3) is 5.41. The van der Waals surface area contributed by atoms with Gasteiger partial charge in [0.15, 0.2) is 0 Å². The van der Waals surface area contributed by atoms with Crippen molar-refractivity contribution < 1.29 is 9.90 Å². The second kappa shape index (κ2) is 7.99. The van der Waals surface area contributed by atoms with Crippen molar-refractivity contribution in [3.05, 3.63) is 0 Å². The Kier molecular flexibility index (Phi) is 6.96. The summed E-state index contributed by atoms with van der Waals surface area (Å²) in [6.45, 7) is 10.4. The van der Waals surface area contributed by atoms with Gasteiger partial charge in [-0.3, -0.25) is 10.1 Å². The molecule has 0 heterocycles. The van der Waals surface area contributed by atoms with Gasteiger partial charge >= 0.3 is 5.97 Å². The highest BCUT2D eigenvalue weighted by atomic mass is 16.4. The van der Waals surface area contributed by atoms with Gasteiger partial charge in [0.05, 0.1) is 0 Å². The Bertz CT molecular complexity index is 305. The number of unbranched alkanes of at least 4 members (excludes halogenated alkanes) is 1. The molecule has 1 aliphatic rings. The number of rotatable bonds is 11. The first-order valence-corrected chi connectivity index (χ1v) is 8.18. The summed E-state index contributed by atoms with van der Waals surface area (Å²) in [5.74, 6) is -0.719. The van der Waals surface area contributed by atoms with Gasteiger partial charge in [-0.2, -0.15) is 0 Å². The minimum atomic E-state index is -0.779. The summed E-state index contributed by atoms with van der Waals surface area (Å²) in [7, 11) is 0. The average Bonchev–Trinajstić information content (AvgIpc) is 3.21. The summed E-state index contributed by atoms with van der Waals surface area (Å²) < 4.78 is 0. The summed E-state index contributed by atoms with van der Waals surface area (Å²) in [5.41, 5.74) is -0.779. The summed E-state index contributed by atoms with van der Waals surface area (Å²) in [6, 6.07) is 0.948. The van der Waals surface area contributed by atoms with Crippen molar-refractivity contribution in [3.8, 4) is 0 Å². The molecule has 0 aromatic rings. The Labute approximate surface area is 123 Å². The van der Waals surface area contributed by atoms with E-state index in [-0.39, 0.29) is 0 Å². The molecule has 118 valence electrons. The van der Waals surface area contributed by atoms with E-state index in [9.17, 15) is 9.90 Å². The lowest BCUT2D eigenvalue weighted by atomic mass is 9.96. The van der Waals surface area contributed by atoms with Gasteiger partial charge in [0.1, 0.15) is 5.54 Å². The lowest BCUT2D eigenvalue weighted by molar-refractivity contribution is -0.144.